The van der Waals surface area contributed by atoms with Gasteiger partial charge in [-0.2, -0.15) is 27.1 Å². The number of nitrogens with one attached hydrogen (secondary N) is 3. The maximum absolute atomic E-state index is 13.8. The van der Waals surface area contributed by atoms with Crippen LogP contribution in [0.2, 0.25) is 30.1 Å². The summed E-state index contributed by atoms with van der Waals surface area (Å²) in [6.07, 6.45) is 13.4. The molecule has 570 valence electrons. The molecule has 4 N–H and O–H groups in total. The van der Waals surface area contributed by atoms with E-state index in [4.69, 9.17) is 74.7 Å². The van der Waals surface area contributed by atoms with E-state index in [1.807, 2.05) is 11.1 Å². The fourth-order valence-electron chi connectivity index (χ4n) is 14.9. The van der Waals surface area contributed by atoms with Crippen molar-refractivity contribution >= 4 is 154 Å². The number of carbonyl (C=O) groups is 3. The van der Waals surface area contributed by atoms with Gasteiger partial charge in [-0.15, -0.1) is 0 Å². The van der Waals surface area contributed by atoms with Gasteiger partial charge in [0.25, 0.3) is 17.7 Å². The predicted octanol–water partition coefficient (Wildman–Crippen LogP) is 16.5. The molecule has 2 unspecified atom stereocenters. The number of halogens is 9. The third-order valence-corrected chi connectivity index (χ3v) is 25.5. The third kappa shape index (κ3) is 18.1. The van der Waals surface area contributed by atoms with Crippen LogP contribution in [0, 0.1) is 29.3 Å². The number of hydrogen-bond acceptors (Lipinski definition) is 14. The minimum absolute atomic E-state index is 0. The van der Waals surface area contributed by atoms with Crippen LogP contribution < -0.4 is 16.2 Å². The summed E-state index contributed by atoms with van der Waals surface area (Å²) in [6.45, 7) is 3.20. The zero-order chi connectivity index (χ0) is 75.9. The van der Waals surface area contributed by atoms with Crippen molar-refractivity contribution in [2.24, 2.45) is 11.8 Å². The Kier molecular flexibility index (Phi) is 24.5. The number of thioether (sulfide) groups is 1. The molecule has 109 heavy (non-hydrogen) atoms. The van der Waals surface area contributed by atoms with Crippen molar-refractivity contribution in [2.75, 3.05) is 43.4 Å². The molecule has 19 nitrogen and oxygen atoms in total. The van der Waals surface area contributed by atoms with Crippen LogP contribution >= 0.6 is 81.4 Å². The highest BCUT2D eigenvalue weighted by Gasteiger charge is 2.41. The van der Waals surface area contributed by atoms with E-state index in [0.717, 1.165) is 66.9 Å². The number of fused-ring (bicyclic) bond motifs is 4. The molecule has 9 aromatic rings. The monoisotopic (exact) mass is 1660 g/mol. The number of aliphatic hydroxyl groups excluding tert-OH is 1. The summed E-state index contributed by atoms with van der Waals surface area (Å²) >= 11 is 39.6. The number of hydrogen-bond donors (Lipinski definition) is 4. The molecule has 3 aromatic heterocycles. The quantitative estimate of drug-likeness (QED) is 0.0891. The summed E-state index contributed by atoms with van der Waals surface area (Å²) in [6, 6.07) is 32.1. The molecule has 5 aliphatic heterocycles. The summed E-state index contributed by atoms with van der Waals surface area (Å²) in [5.74, 6) is -0.869. The lowest BCUT2D eigenvalue weighted by Crippen LogP contribution is -2.45. The highest BCUT2D eigenvalue weighted by Crippen LogP contribution is 2.43. The number of carbonyl (C=O) groups excluding carboxylic acids is 3. The maximum Gasteiger partial charge on any atom is 0.286 e. The number of hydrazine groups is 2. The first-order valence-electron chi connectivity index (χ1n) is 35.0. The highest BCUT2D eigenvalue weighted by atomic mass is 35.5. The van der Waals surface area contributed by atoms with Crippen molar-refractivity contribution in [3.05, 3.63) is 243 Å². The van der Waals surface area contributed by atoms with E-state index in [2.05, 4.69) is 31.4 Å². The van der Waals surface area contributed by atoms with Gasteiger partial charge in [-0.3, -0.25) is 25.2 Å². The normalized spacial score (nSPS) is 20.9. The van der Waals surface area contributed by atoms with Gasteiger partial charge < -0.3 is 10.4 Å². The van der Waals surface area contributed by atoms with E-state index in [0.29, 0.717) is 131 Å². The van der Waals surface area contributed by atoms with Crippen LogP contribution in [0.3, 0.4) is 0 Å². The second-order valence-electron chi connectivity index (χ2n) is 27.6. The summed E-state index contributed by atoms with van der Waals surface area (Å²) in [7, 11) is -7.22. The molecule has 8 heterocycles. The van der Waals surface area contributed by atoms with Gasteiger partial charge in [0.15, 0.2) is 31.1 Å². The lowest BCUT2D eigenvalue weighted by atomic mass is 10.0. The third-order valence-electron chi connectivity index (χ3n) is 19.9. The van der Waals surface area contributed by atoms with Crippen molar-refractivity contribution in [1.29, 1.82) is 0 Å². The average Bonchev–Trinajstić information content (AvgIpc) is 1.54. The molecule has 2 aliphatic carbocycles. The average molecular weight is 1660 g/mol. The molecule has 0 bridgehead atoms. The van der Waals surface area contributed by atoms with Crippen LogP contribution in [0.25, 0.3) is 52.0 Å². The molecule has 4 fully saturated rings. The second-order valence-corrected chi connectivity index (χ2v) is 35.3. The largest absolute Gasteiger partial charge is 0.391 e. The lowest BCUT2D eigenvalue weighted by molar-refractivity contribution is 0.0742. The summed E-state index contributed by atoms with van der Waals surface area (Å²) < 4.78 is 96.8. The highest BCUT2D eigenvalue weighted by molar-refractivity contribution is 7.99. The second kappa shape index (κ2) is 33.7. The van der Waals surface area contributed by atoms with E-state index in [9.17, 15) is 49.5 Å². The predicted molar refractivity (Wildman–Crippen MR) is 425 cm³/mol. The number of sulfone groups is 2. The Morgan fingerprint density at radius 2 is 0.908 bits per heavy atom. The van der Waals surface area contributed by atoms with Gasteiger partial charge in [-0.25, -0.2) is 54.1 Å². The van der Waals surface area contributed by atoms with Gasteiger partial charge in [0, 0.05) is 69.4 Å². The molecule has 3 amide bonds. The number of nitrogens with zero attached hydrogens (tertiary/aromatic N) is 8. The van der Waals surface area contributed by atoms with E-state index in [1.165, 1.54) is 83.2 Å². The number of amides is 3. The number of benzene rings is 6. The van der Waals surface area contributed by atoms with Crippen molar-refractivity contribution in [2.45, 2.75) is 94.6 Å². The minimum Gasteiger partial charge on any atom is -0.391 e. The molecule has 0 spiro atoms. The van der Waals surface area contributed by atoms with Gasteiger partial charge in [-0.1, -0.05) is 126 Å². The Balaban J connectivity index is 0.000000143. The molecule has 4 atom stereocenters. The van der Waals surface area contributed by atoms with Gasteiger partial charge in [0.05, 0.1) is 84.4 Å². The van der Waals surface area contributed by atoms with E-state index < -0.39 is 55.3 Å². The first-order valence-corrected chi connectivity index (χ1v) is 42.0. The summed E-state index contributed by atoms with van der Waals surface area (Å²) in [4.78, 5) is 40.4. The maximum atomic E-state index is 13.8. The SMILES string of the molecule is C.O=C(NN1CC2CCCC2C1)c1c2c(nn1-c1ccc(Cl)cc1Cl)/C(=C/c1ccc(F)cc1)CSC2.O=C(NN1CCCCC1)c1nn(-c2ccc(Cl)cc2Cl)c2c1CS(=O)(=O)C/C2=C\c1ccc(F)cc1.O=C(N[C@@H]1CCC[C@H]1O)c1nn(-c2ccc(Cl)cc2Cl)c2c1CS(=O)(=O)C/C2=C\c1ccc(F)cc1. The van der Waals surface area contributed by atoms with Gasteiger partial charge in [-0.05, 0) is 199 Å². The molecule has 2 saturated carbocycles. The standard InChI is InChI=1S/C27H25Cl2FN4OS.C25H23Cl2FN4O3S.C25H22Cl2FN3O4S.CH4/c28-20-6-9-24(23(29)11-20)34-26(27(35)32-33-12-17-2-1-3-18(17)13-33)22-15-36-14-19(25(22)31-34)10-16-4-7-21(30)8-5-16;26-18-6-9-22(21(27)13-18)32-24-17(12-16-4-7-19(28)8-5-16)14-36(34,35)15-20(24)23(29-32)25(33)30-31-10-2-1-3-11-31;26-16-6-9-21(19(27)11-16)31-24-15(10-14-4-7-17(28)8-5-14)12-36(34,35)13-18(24)23(30-31)25(33)29-20-2-1-3-22(20)32;/h4-11,17-18H,1-3,12-15H2,(H,32,35);4-9,12-13H,1-3,10-11,14-15H2,(H,30,33);4-11,20,22,32H,1-3,12-13H2,(H,29,33);1H4/b19-10+;17-12+;15-10+;/t;;20-,22-;/m..1./s1. The molecular weight excluding hydrogens is 1580 g/mol. The molecule has 16 rings (SSSR count). The van der Waals surface area contributed by atoms with Crippen LogP contribution in [0.5, 0.6) is 0 Å². The van der Waals surface area contributed by atoms with Crippen LogP contribution in [0.15, 0.2) is 127 Å². The Bertz CT molecular complexity index is 5330. The first-order chi connectivity index (χ1) is 51.8. The first kappa shape index (κ1) is 79.3. The lowest BCUT2D eigenvalue weighted by Gasteiger charge is -2.26. The number of aromatic nitrogens is 6. The zero-order valence-electron chi connectivity index (χ0n) is 57.6. The smallest absolute Gasteiger partial charge is 0.286 e. The zero-order valence-corrected chi connectivity index (χ0v) is 64.6. The minimum atomic E-state index is -3.63. The summed E-state index contributed by atoms with van der Waals surface area (Å²) in [5.41, 5.74) is 15.0. The van der Waals surface area contributed by atoms with Crippen LogP contribution in [-0.4, -0.2) is 135 Å². The van der Waals surface area contributed by atoms with Gasteiger partial charge in [0.2, 0.25) is 0 Å². The number of aliphatic hydroxyl groups is 1. The fourth-order valence-corrected chi connectivity index (χ4v) is 20.4. The Hall–Kier alpha value is -7.76. The molecule has 7 aliphatic rings. The Morgan fingerprint density at radius 1 is 0.477 bits per heavy atom. The van der Waals surface area contributed by atoms with E-state index in [1.54, 1.807) is 101 Å². The molecule has 2 saturated heterocycles. The van der Waals surface area contributed by atoms with Crippen LogP contribution in [-0.2, 0) is 36.9 Å². The molecular formula is C78H74Cl6F3N11O8S3. The molecule has 0 radical (unpaired) electrons. The Morgan fingerprint density at radius 3 is 1.36 bits per heavy atom. The number of rotatable bonds is 12. The van der Waals surface area contributed by atoms with Crippen molar-refractivity contribution in [3.8, 4) is 17.1 Å². The topological polar surface area (TPSA) is 236 Å². The summed E-state index contributed by atoms with van der Waals surface area (Å²) in [5, 5.41) is 33.2. The van der Waals surface area contributed by atoms with E-state index >= 15 is 0 Å². The van der Waals surface area contributed by atoms with Crippen LogP contribution in [0.1, 0.15) is 147 Å². The van der Waals surface area contributed by atoms with Crippen molar-refractivity contribution in [3.63, 3.8) is 0 Å². The number of piperidine rings is 1. The Labute approximate surface area is 663 Å². The van der Waals surface area contributed by atoms with Crippen LogP contribution in [0.4, 0.5) is 13.2 Å². The van der Waals surface area contributed by atoms with E-state index in [-0.39, 0.29) is 64.1 Å². The molecule has 31 heteroatoms. The fraction of sp³-hybridized carbons (Fsp3) is 0.308. The van der Waals surface area contributed by atoms with Crippen molar-refractivity contribution < 1.29 is 49.5 Å². The van der Waals surface area contributed by atoms with Gasteiger partial charge in [0.1, 0.15) is 23.1 Å². The molecule has 6 aromatic carbocycles. The van der Waals surface area contributed by atoms with Gasteiger partial charge >= 0.3 is 0 Å². The van der Waals surface area contributed by atoms with Crippen molar-refractivity contribution in [1.82, 2.24) is 55.5 Å².